The normalized spacial score (nSPS) is 10.9. The maximum absolute atomic E-state index is 4.39. The SMILES string of the molecule is c1ccc2cc(Nc3ccnc4ccccc34)ccc2c1. The quantitative estimate of drug-likeness (QED) is 0.546. The van der Waals surface area contributed by atoms with Gasteiger partial charge in [0.2, 0.25) is 0 Å². The molecule has 4 rings (SSSR count). The van der Waals surface area contributed by atoms with Crippen LogP contribution >= 0.6 is 0 Å². The molecule has 0 atom stereocenters. The van der Waals surface area contributed by atoms with Gasteiger partial charge >= 0.3 is 0 Å². The van der Waals surface area contributed by atoms with E-state index in [-0.39, 0.29) is 0 Å². The Kier molecular flexibility index (Phi) is 2.79. The summed E-state index contributed by atoms with van der Waals surface area (Å²) in [6.45, 7) is 0. The van der Waals surface area contributed by atoms with Gasteiger partial charge in [-0.1, -0.05) is 48.5 Å². The van der Waals surface area contributed by atoms with Crippen LogP contribution < -0.4 is 5.32 Å². The molecule has 0 aliphatic heterocycles. The summed E-state index contributed by atoms with van der Waals surface area (Å²) in [6.07, 6.45) is 1.84. The first kappa shape index (κ1) is 11.9. The first-order valence-electron chi connectivity index (χ1n) is 7.00. The van der Waals surface area contributed by atoms with Crippen molar-refractivity contribution in [3.63, 3.8) is 0 Å². The summed E-state index contributed by atoms with van der Waals surface area (Å²) in [7, 11) is 0. The number of fused-ring (bicyclic) bond motifs is 2. The Morgan fingerprint density at radius 1 is 0.714 bits per heavy atom. The fourth-order valence-electron chi connectivity index (χ4n) is 2.63. The lowest BCUT2D eigenvalue weighted by atomic mass is 10.1. The van der Waals surface area contributed by atoms with Crippen LogP contribution in [-0.2, 0) is 0 Å². The van der Waals surface area contributed by atoms with Gasteiger partial charge in [0.1, 0.15) is 0 Å². The minimum Gasteiger partial charge on any atom is -0.355 e. The van der Waals surface area contributed by atoms with Crippen LogP contribution in [0.15, 0.2) is 79.0 Å². The van der Waals surface area contributed by atoms with E-state index in [2.05, 4.69) is 58.8 Å². The minimum absolute atomic E-state index is 1.00. The van der Waals surface area contributed by atoms with Gasteiger partial charge in [-0.25, -0.2) is 0 Å². The zero-order valence-electron chi connectivity index (χ0n) is 11.5. The number of hydrogen-bond acceptors (Lipinski definition) is 2. The summed E-state index contributed by atoms with van der Waals surface area (Å²) in [5, 5.41) is 7.12. The minimum atomic E-state index is 1.00. The molecule has 4 aromatic rings. The monoisotopic (exact) mass is 270 g/mol. The van der Waals surface area contributed by atoms with E-state index in [1.165, 1.54) is 10.8 Å². The van der Waals surface area contributed by atoms with E-state index < -0.39 is 0 Å². The van der Waals surface area contributed by atoms with E-state index in [4.69, 9.17) is 0 Å². The topological polar surface area (TPSA) is 24.9 Å². The van der Waals surface area contributed by atoms with Crippen LogP contribution in [0.25, 0.3) is 21.7 Å². The average Bonchev–Trinajstić information content (AvgIpc) is 2.55. The Labute approximate surface area is 123 Å². The summed E-state index contributed by atoms with van der Waals surface area (Å²) >= 11 is 0. The third kappa shape index (κ3) is 2.21. The van der Waals surface area contributed by atoms with Gasteiger partial charge in [0, 0.05) is 23.0 Å². The maximum atomic E-state index is 4.39. The molecule has 2 nitrogen and oxygen atoms in total. The third-order valence-electron chi connectivity index (χ3n) is 3.68. The molecular weight excluding hydrogens is 256 g/mol. The number of nitrogens with one attached hydrogen (secondary N) is 1. The molecule has 0 spiro atoms. The fraction of sp³-hybridized carbons (Fsp3) is 0. The summed E-state index contributed by atoms with van der Waals surface area (Å²) in [4.78, 5) is 4.39. The molecule has 100 valence electrons. The molecule has 21 heavy (non-hydrogen) atoms. The number of hydrogen-bond donors (Lipinski definition) is 1. The van der Waals surface area contributed by atoms with Crippen LogP contribution in [0.2, 0.25) is 0 Å². The van der Waals surface area contributed by atoms with E-state index in [9.17, 15) is 0 Å². The number of rotatable bonds is 2. The van der Waals surface area contributed by atoms with Crippen molar-refractivity contribution in [1.29, 1.82) is 0 Å². The second-order valence-electron chi connectivity index (χ2n) is 5.06. The van der Waals surface area contributed by atoms with Gasteiger partial charge in [0.25, 0.3) is 0 Å². The first-order valence-corrected chi connectivity index (χ1v) is 7.00. The van der Waals surface area contributed by atoms with Crippen LogP contribution in [0.1, 0.15) is 0 Å². The molecule has 0 aliphatic carbocycles. The van der Waals surface area contributed by atoms with E-state index in [1.54, 1.807) is 0 Å². The largest absolute Gasteiger partial charge is 0.355 e. The Bertz CT molecular complexity index is 923. The predicted molar refractivity (Wildman–Crippen MR) is 89.0 cm³/mol. The molecule has 0 saturated carbocycles. The molecular formula is C19H14N2. The molecule has 3 aromatic carbocycles. The van der Waals surface area contributed by atoms with Gasteiger partial charge in [-0.05, 0) is 35.0 Å². The van der Waals surface area contributed by atoms with Gasteiger partial charge < -0.3 is 5.32 Å². The molecule has 0 radical (unpaired) electrons. The smallest absolute Gasteiger partial charge is 0.0722 e. The van der Waals surface area contributed by atoms with Crippen molar-refractivity contribution < 1.29 is 0 Å². The highest BCUT2D eigenvalue weighted by atomic mass is 14.9. The Morgan fingerprint density at radius 2 is 1.52 bits per heavy atom. The molecule has 0 saturated heterocycles. The van der Waals surface area contributed by atoms with Crippen molar-refractivity contribution in [3.05, 3.63) is 79.0 Å². The van der Waals surface area contributed by atoms with Gasteiger partial charge in [0.15, 0.2) is 0 Å². The van der Waals surface area contributed by atoms with Crippen LogP contribution in [0.5, 0.6) is 0 Å². The van der Waals surface area contributed by atoms with Crippen LogP contribution in [-0.4, -0.2) is 4.98 Å². The summed E-state index contributed by atoms with van der Waals surface area (Å²) in [5.41, 5.74) is 3.17. The second-order valence-corrected chi connectivity index (χ2v) is 5.06. The van der Waals surface area contributed by atoms with Gasteiger partial charge in [-0.2, -0.15) is 0 Å². The van der Waals surface area contributed by atoms with E-state index in [0.29, 0.717) is 0 Å². The number of aromatic nitrogens is 1. The van der Waals surface area contributed by atoms with Gasteiger partial charge in [-0.15, -0.1) is 0 Å². The summed E-state index contributed by atoms with van der Waals surface area (Å²) in [5.74, 6) is 0. The van der Waals surface area contributed by atoms with E-state index in [0.717, 1.165) is 22.3 Å². The highest BCUT2D eigenvalue weighted by Gasteiger charge is 2.02. The molecule has 1 heterocycles. The number of pyridine rings is 1. The number of anilines is 2. The van der Waals surface area contributed by atoms with Crippen molar-refractivity contribution in [3.8, 4) is 0 Å². The third-order valence-corrected chi connectivity index (χ3v) is 3.68. The lowest BCUT2D eigenvalue weighted by Crippen LogP contribution is -1.92. The maximum Gasteiger partial charge on any atom is 0.0722 e. The van der Waals surface area contributed by atoms with Crippen LogP contribution in [0.4, 0.5) is 11.4 Å². The predicted octanol–water partition coefficient (Wildman–Crippen LogP) is 5.13. The number of nitrogens with zero attached hydrogens (tertiary/aromatic N) is 1. The van der Waals surface area contributed by atoms with Crippen molar-refractivity contribution in [2.45, 2.75) is 0 Å². The van der Waals surface area contributed by atoms with E-state index in [1.807, 2.05) is 30.5 Å². The van der Waals surface area contributed by atoms with Crippen molar-refractivity contribution >= 4 is 33.1 Å². The molecule has 0 aliphatic rings. The Balaban J connectivity index is 1.79. The second kappa shape index (κ2) is 4.91. The highest BCUT2D eigenvalue weighted by molar-refractivity contribution is 5.94. The van der Waals surface area contributed by atoms with Gasteiger partial charge in [-0.3, -0.25) is 4.98 Å². The van der Waals surface area contributed by atoms with Crippen molar-refractivity contribution in [2.24, 2.45) is 0 Å². The van der Waals surface area contributed by atoms with Crippen molar-refractivity contribution in [1.82, 2.24) is 4.98 Å². The van der Waals surface area contributed by atoms with Gasteiger partial charge in [0.05, 0.1) is 5.52 Å². The Morgan fingerprint density at radius 3 is 2.48 bits per heavy atom. The fourth-order valence-corrected chi connectivity index (χ4v) is 2.63. The first-order chi connectivity index (χ1) is 10.4. The zero-order valence-corrected chi connectivity index (χ0v) is 11.5. The number of para-hydroxylation sites is 1. The van der Waals surface area contributed by atoms with Crippen LogP contribution in [0.3, 0.4) is 0 Å². The molecule has 1 N–H and O–H groups in total. The van der Waals surface area contributed by atoms with E-state index >= 15 is 0 Å². The Hall–Kier alpha value is -2.87. The standard InChI is InChI=1S/C19H14N2/c1-2-6-15-13-16(10-9-14(15)5-1)21-19-11-12-20-18-8-4-3-7-17(18)19/h1-13H,(H,20,21). The summed E-state index contributed by atoms with van der Waals surface area (Å²) in [6, 6.07) is 25.0. The average molecular weight is 270 g/mol. The highest BCUT2D eigenvalue weighted by Crippen LogP contribution is 2.26. The zero-order chi connectivity index (χ0) is 14.1. The number of benzene rings is 3. The molecule has 0 unspecified atom stereocenters. The molecule has 0 bridgehead atoms. The molecule has 0 amide bonds. The lowest BCUT2D eigenvalue weighted by molar-refractivity contribution is 1.40. The van der Waals surface area contributed by atoms with Crippen LogP contribution in [0, 0.1) is 0 Å². The molecule has 0 fully saturated rings. The molecule has 2 heteroatoms. The van der Waals surface area contributed by atoms with Crippen molar-refractivity contribution in [2.75, 3.05) is 5.32 Å². The molecule has 1 aromatic heterocycles. The lowest BCUT2D eigenvalue weighted by Gasteiger charge is -2.10. The summed E-state index contributed by atoms with van der Waals surface area (Å²) < 4.78 is 0.